The van der Waals surface area contributed by atoms with Crippen LogP contribution < -0.4 is 16.0 Å². The topological polar surface area (TPSA) is 167 Å². The van der Waals surface area contributed by atoms with E-state index >= 15 is 0 Å². The highest BCUT2D eigenvalue weighted by Crippen LogP contribution is 2.32. The molecule has 402 valence electrons. The minimum Gasteiger partial charge on any atom is -0.365 e. The second-order valence-corrected chi connectivity index (χ2v) is 21.5. The summed E-state index contributed by atoms with van der Waals surface area (Å²) in [6, 6.07) is 24.8. The van der Waals surface area contributed by atoms with Crippen molar-refractivity contribution in [1.29, 1.82) is 0 Å². The molecule has 3 aliphatic rings. The zero-order valence-corrected chi connectivity index (χ0v) is 45.5. The predicted octanol–water partition coefficient (Wildman–Crippen LogP) is 6.71. The number of carbonyl (C=O) groups is 6. The Kier molecular flexibility index (Phi) is 21.6. The van der Waals surface area contributed by atoms with Crippen molar-refractivity contribution < 1.29 is 38.2 Å². The van der Waals surface area contributed by atoms with E-state index in [-0.39, 0.29) is 85.9 Å². The number of likely N-dealkylation sites (tertiary alicyclic amines) is 2. The number of hydrogen-bond donors (Lipinski definition) is 3. The summed E-state index contributed by atoms with van der Waals surface area (Å²) in [4.78, 5) is 89.1. The first-order chi connectivity index (χ1) is 36.0. The van der Waals surface area contributed by atoms with Gasteiger partial charge in [-0.05, 0) is 112 Å². The van der Waals surface area contributed by atoms with E-state index < -0.39 is 41.7 Å². The van der Waals surface area contributed by atoms with Crippen molar-refractivity contribution in [3.8, 4) is 23.7 Å². The lowest BCUT2D eigenvalue weighted by molar-refractivity contribution is -0.144. The molecule has 14 heteroatoms. The van der Waals surface area contributed by atoms with Crippen LogP contribution in [-0.4, -0.2) is 133 Å². The van der Waals surface area contributed by atoms with Gasteiger partial charge in [0, 0.05) is 56.5 Å². The zero-order valence-electron chi connectivity index (χ0n) is 45.5. The van der Waals surface area contributed by atoms with Gasteiger partial charge in [-0.2, -0.15) is 0 Å². The normalized spacial score (nSPS) is 20.2. The van der Waals surface area contributed by atoms with Gasteiger partial charge in [0.05, 0.1) is 30.2 Å². The fraction of sp³-hybridized carbons (Fsp3) is 0.541. The number of fused-ring (bicyclic) bond motifs is 1. The Morgan fingerprint density at radius 2 is 1.51 bits per heavy atom. The Morgan fingerprint density at radius 1 is 0.827 bits per heavy atom. The molecule has 2 fully saturated rings. The minimum absolute atomic E-state index is 0.00358. The number of carbonyl (C=O) groups excluding carboxylic acids is 6. The Hall–Kier alpha value is -6.32. The van der Waals surface area contributed by atoms with E-state index in [4.69, 9.17) is 9.47 Å². The average Bonchev–Trinajstić information content (AvgIpc) is 4.08. The van der Waals surface area contributed by atoms with E-state index in [2.05, 4.69) is 51.8 Å². The summed E-state index contributed by atoms with van der Waals surface area (Å²) in [6.07, 6.45) is 4.55. The number of hydrogen-bond acceptors (Lipinski definition) is 9. The maximum atomic E-state index is 14.6. The van der Waals surface area contributed by atoms with Crippen LogP contribution in [0.15, 0.2) is 84.9 Å². The highest BCUT2D eigenvalue weighted by molar-refractivity contribution is 5.95. The zero-order chi connectivity index (χ0) is 54.1. The molecule has 2 heterocycles. The van der Waals surface area contributed by atoms with E-state index in [1.807, 2.05) is 117 Å². The summed E-state index contributed by atoms with van der Waals surface area (Å²) in [5, 5.41) is 9.25. The van der Waals surface area contributed by atoms with Gasteiger partial charge < -0.3 is 40.1 Å². The summed E-state index contributed by atoms with van der Waals surface area (Å²) in [6.45, 7) is 14.5. The number of nitrogens with one attached hydrogen (secondary N) is 3. The molecule has 14 nitrogen and oxygen atoms in total. The van der Waals surface area contributed by atoms with Gasteiger partial charge in [-0.15, -0.1) is 0 Å². The van der Waals surface area contributed by atoms with Crippen molar-refractivity contribution >= 4 is 35.3 Å². The largest absolute Gasteiger partial charge is 0.365 e. The van der Waals surface area contributed by atoms with Crippen molar-refractivity contribution in [3.05, 3.63) is 107 Å². The van der Waals surface area contributed by atoms with Gasteiger partial charge in [-0.25, -0.2) is 0 Å². The van der Waals surface area contributed by atoms with Crippen LogP contribution in [-0.2, 0) is 46.3 Å². The molecule has 5 amide bonds. The third-order valence-electron chi connectivity index (χ3n) is 15.2. The molecule has 3 aromatic rings. The first kappa shape index (κ1) is 57.9. The molecular weight excluding hydrogens is 945 g/mol. The summed E-state index contributed by atoms with van der Waals surface area (Å²) >= 11 is 0. The molecule has 0 radical (unpaired) electrons. The molecule has 0 aromatic heterocycles. The first-order valence-corrected chi connectivity index (χ1v) is 27.1. The smallest absolute Gasteiger partial charge is 0.253 e. The molecule has 75 heavy (non-hydrogen) atoms. The highest BCUT2D eigenvalue weighted by Gasteiger charge is 2.46. The molecule has 0 spiro atoms. The van der Waals surface area contributed by atoms with E-state index in [1.165, 1.54) is 5.56 Å². The molecule has 3 aromatic carbocycles. The van der Waals surface area contributed by atoms with Crippen molar-refractivity contribution in [3.63, 3.8) is 0 Å². The number of ether oxygens (including phenoxy) is 2. The molecule has 3 N–H and O–H groups in total. The van der Waals surface area contributed by atoms with Crippen LogP contribution in [0.2, 0.25) is 0 Å². The first-order valence-electron chi connectivity index (χ1n) is 27.1. The van der Waals surface area contributed by atoms with Crippen LogP contribution >= 0.6 is 0 Å². The van der Waals surface area contributed by atoms with Crippen molar-refractivity contribution in [1.82, 2.24) is 30.7 Å². The van der Waals surface area contributed by atoms with E-state index in [9.17, 15) is 28.8 Å². The summed E-state index contributed by atoms with van der Waals surface area (Å²) in [5.74, 6) is 9.23. The second kappa shape index (κ2) is 28.0. The lowest BCUT2D eigenvalue weighted by Gasteiger charge is -2.36. The number of amides is 5. The maximum absolute atomic E-state index is 14.6. The molecule has 9 atom stereocenters. The molecule has 1 aliphatic carbocycles. The number of aryl methyl sites for hydroxylation is 1. The highest BCUT2D eigenvalue weighted by atomic mass is 16.5. The fourth-order valence-electron chi connectivity index (χ4n) is 10.2. The predicted molar refractivity (Wildman–Crippen MR) is 291 cm³/mol. The summed E-state index contributed by atoms with van der Waals surface area (Å²) < 4.78 is 12.4. The van der Waals surface area contributed by atoms with Crippen LogP contribution in [0.5, 0.6) is 0 Å². The van der Waals surface area contributed by atoms with E-state index in [1.54, 1.807) is 25.8 Å². The third kappa shape index (κ3) is 16.1. The standard InChI is InChI=1S/C61H80N6O8/c1-9-42(2)56(69)64-55(61(5,6)7)60(73)67-41-49(38-53(67)57(70)63-52-32-22-29-46-26-18-19-31-50(46)52)75-37-21-11-10-20-36-74-44(4)51(39-54(68)43(3)62-8)59(72)66-34-23-30-48(66)40-65(35-33-45-24-14-12-15-25-45)58(71)47-27-16-13-17-28-47/h12-19,24-28,31,42-44,48-49,51-53,55,62H,9,22-23,29-30,32-41H2,1-8H3,(H,63,70)(H,64,69)/t42-,43+,44-,48+,49+,51+,52-,53+,55-/m1/s1. The second-order valence-electron chi connectivity index (χ2n) is 21.5. The minimum atomic E-state index is -0.866. The quantitative estimate of drug-likeness (QED) is 0.0928. The number of rotatable bonds is 22. The number of ketones is 1. The van der Waals surface area contributed by atoms with Gasteiger partial charge in [-0.1, -0.05) is 119 Å². The van der Waals surface area contributed by atoms with Crippen molar-refractivity contribution in [2.45, 2.75) is 149 Å². The molecule has 2 saturated heterocycles. The fourth-order valence-corrected chi connectivity index (χ4v) is 10.2. The lowest BCUT2D eigenvalue weighted by Crippen LogP contribution is -2.58. The van der Waals surface area contributed by atoms with Gasteiger partial charge in [0.1, 0.15) is 31.1 Å². The van der Waals surface area contributed by atoms with Gasteiger partial charge in [-0.3, -0.25) is 28.8 Å². The Bertz CT molecular complexity index is 2540. The maximum Gasteiger partial charge on any atom is 0.253 e. The Morgan fingerprint density at radius 3 is 2.20 bits per heavy atom. The van der Waals surface area contributed by atoms with Crippen LogP contribution in [0.3, 0.4) is 0 Å². The average molecular weight is 1030 g/mol. The molecule has 0 unspecified atom stereocenters. The summed E-state index contributed by atoms with van der Waals surface area (Å²) in [5.41, 5.74) is 3.37. The lowest BCUT2D eigenvalue weighted by atomic mass is 9.85. The molecule has 0 saturated carbocycles. The number of Topliss-reactive ketones (excluding diaryl/α,β-unsaturated/α-hetero) is 1. The Labute approximate surface area is 445 Å². The van der Waals surface area contributed by atoms with Crippen molar-refractivity contribution in [2.24, 2.45) is 17.3 Å². The monoisotopic (exact) mass is 1020 g/mol. The van der Waals surface area contributed by atoms with Gasteiger partial charge in [0.25, 0.3) is 5.91 Å². The number of benzene rings is 3. The molecule has 2 aliphatic heterocycles. The molecule has 0 bridgehead atoms. The van der Waals surface area contributed by atoms with Gasteiger partial charge in [0.2, 0.25) is 23.6 Å². The van der Waals surface area contributed by atoms with Crippen molar-refractivity contribution in [2.75, 3.05) is 46.4 Å². The van der Waals surface area contributed by atoms with E-state index in [0.717, 1.165) is 43.2 Å². The van der Waals surface area contributed by atoms with Crippen LogP contribution in [0.4, 0.5) is 0 Å². The number of nitrogens with zero attached hydrogens (tertiary/aromatic N) is 3. The SMILES string of the molecule is CC[C@@H](C)C(=O)N[C@H](C(=O)N1C[C@@H](OCC#CC#CCO[C@H](C)[C@H](CC(=O)[C@H](C)NC)C(=O)N2CCC[C@H]2CN(CCc2ccccc2)C(=O)c2ccccc2)C[C@H]1C(=O)N[C@@H]1CCCc2ccccc21)C(C)(C)C. The van der Waals surface area contributed by atoms with Crippen LogP contribution in [0, 0.1) is 40.9 Å². The molecule has 6 rings (SSSR count). The van der Waals surface area contributed by atoms with Crippen LogP contribution in [0.1, 0.15) is 127 Å². The third-order valence-corrected chi connectivity index (χ3v) is 15.2. The Balaban J connectivity index is 1.09. The summed E-state index contributed by atoms with van der Waals surface area (Å²) in [7, 11) is 1.71. The number of likely N-dealkylation sites (N-methyl/N-ethyl adjacent to an activating group) is 1. The van der Waals surface area contributed by atoms with Gasteiger partial charge >= 0.3 is 0 Å². The van der Waals surface area contributed by atoms with E-state index in [0.29, 0.717) is 38.0 Å². The molecular formula is C61H80N6O8. The van der Waals surface area contributed by atoms with Gasteiger partial charge in [0.15, 0.2) is 0 Å². The van der Waals surface area contributed by atoms with Crippen LogP contribution in [0.25, 0.3) is 0 Å².